The van der Waals surface area contributed by atoms with Crippen LogP contribution in [0, 0.1) is 0 Å². The van der Waals surface area contributed by atoms with Gasteiger partial charge in [0, 0.05) is 0 Å². The second-order valence-corrected chi connectivity index (χ2v) is 42.5. The third-order valence-corrected chi connectivity index (χ3v) is 42.8. The van der Waals surface area contributed by atoms with Gasteiger partial charge in [0.15, 0.2) is 0 Å². The Bertz CT molecular complexity index is 2070. The first-order chi connectivity index (χ1) is 25.5. The van der Waals surface area contributed by atoms with Gasteiger partial charge in [-0.05, 0) is 0 Å². The van der Waals surface area contributed by atoms with Gasteiger partial charge in [-0.2, -0.15) is 0 Å². The van der Waals surface area contributed by atoms with Gasteiger partial charge in [0.1, 0.15) is 0 Å². The van der Waals surface area contributed by atoms with Crippen molar-refractivity contribution in [1.29, 1.82) is 0 Å². The van der Waals surface area contributed by atoms with Crippen LogP contribution in [0.5, 0.6) is 0 Å². The van der Waals surface area contributed by atoms with Crippen LogP contribution >= 0.6 is 24.8 Å². The normalized spacial score (nSPS) is 14.5. The molecule has 0 radical (unpaired) electrons. The SMILES string of the molecule is Cl.Cl.[CH2]=[Zr]([C]1=CC=CC1)([c]1ccc([Si](CC)(CC)CC)cc1)([c]1ccc([Si](CC)(CC)CC)cc1)[c]1c(C(C)(C)C)ccc2c1Cc1cc(C(C)(C)C)ccc1-2. The molecule has 0 spiro atoms. The molecule has 0 unspecified atom stereocenters. The summed E-state index contributed by atoms with van der Waals surface area (Å²) in [4.78, 5) is 0. The maximum atomic E-state index is 5.99. The summed E-state index contributed by atoms with van der Waals surface area (Å²) in [5.41, 5.74) is 8.83. The van der Waals surface area contributed by atoms with Crippen molar-refractivity contribution < 1.29 is 18.3 Å². The number of halogens is 2. The van der Waals surface area contributed by atoms with Crippen molar-refractivity contribution in [3.8, 4) is 11.1 Å². The van der Waals surface area contributed by atoms with E-state index in [9.17, 15) is 0 Å². The molecule has 302 valence electrons. The molecular formula is C51H72Cl2Si2Zr. The van der Waals surface area contributed by atoms with Crippen molar-refractivity contribution in [3.63, 3.8) is 0 Å². The molecule has 5 heteroatoms. The second kappa shape index (κ2) is 17.0. The van der Waals surface area contributed by atoms with Gasteiger partial charge in [-0.15, -0.1) is 24.8 Å². The van der Waals surface area contributed by atoms with Crippen LogP contribution in [0.4, 0.5) is 0 Å². The van der Waals surface area contributed by atoms with E-state index >= 15 is 0 Å². The Morgan fingerprint density at radius 2 is 1.05 bits per heavy atom. The fraction of sp³-hybridized carbons (Fsp3) is 0.431. The van der Waals surface area contributed by atoms with Crippen LogP contribution in [0.25, 0.3) is 11.1 Å². The second-order valence-electron chi connectivity index (χ2n) is 19.2. The van der Waals surface area contributed by atoms with Crippen LogP contribution in [0.15, 0.2) is 100 Å². The molecule has 0 amide bonds. The van der Waals surface area contributed by atoms with Crippen LogP contribution in [-0.4, -0.2) is 20.4 Å². The molecule has 0 atom stereocenters. The fourth-order valence-electron chi connectivity index (χ4n) is 10.9. The number of allylic oxidation sites excluding steroid dienone is 4. The molecule has 6 rings (SSSR count). The van der Waals surface area contributed by atoms with Gasteiger partial charge in [-0.1, -0.05) is 0 Å². The molecule has 0 heterocycles. The Morgan fingerprint density at radius 3 is 1.45 bits per heavy atom. The number of benzene rings is 4. The quantitative estimate of drug-likeness (QED) is 0.109. The van der Waals surface area contributed by atoms with Gasteiger partial charge < -0.3 is 0 Å². The van der Waals surface area contributed by atoms with E-state index in [1.807, 2.05) is 0 Å². The molecule has 0 aromatic heterocycles. The standard InChI is InChI=1S/C21H25.2C12H19Si.C5H5.CH2.2ClH.Zr/c1-20(2,3)16-7-9-18-14(12-16)11-15-13-17(21(4,5)6)8-10-19(15)18;2*1-4-13(5-2,6-3)12-10-8-7-9-11-12;1-2-4-5-3-1;;;;/h7-10,12H,11H2,1-6H3;2*8-11H,4-6H2,1-3H3;1-3H,4H2;1H2;2*1H;. The Morgan fingerprint density at radius 1 is 0.589 bits per heavy atom. The Labute approximate surface area is 357 Å². The molecule has 2 aliphatic carbocycles. The van der Waals surface area contributed by atoms with Crippen molar-refractivity contribution in [3.05, 3.63) is 123 Å². The molecule has 0 N–H and O–H groups in total. The summed E-state index contributed by atoms with van der Waals surface area (Å²) in [6, 6.07) is 40.9. The Hall–Kier alpha value is -1.87. The Kier molecular flexibility index (Phi) is 14.2. The van der Waals surface area contributed by atoms with Gasteiger partial charge >= 0.3 is 336 Å². The van der Waals surface area contributed by atoms with Crippen molar-refractivity contribution in [2.75, 3.05) is 0 Å². The molecule has 56 heavy (non-hydrogen) atoms. The van der Waals surface area contributed by atoms with E-state index in [1.165, 1.54) is 70.6 Å². The average Bonchev–Trinajstić information content (AvgIpc) is 3.85. The first kappa shape index (κ1) is 46.8. The van der Waals surface area contributed by atoms with E-state index in [0.717, 1.165) is 12.8 Å². The summed E-state index contributed by atoms with van der Waals surface area (Å²) in [5.74, 6) is 0. The summed E-state index contributed by atoms with van der Waals surface area (Å²) >= 11 is -5.01. The predicted octanol–water partition coefficient (Wildman–Crippen LogP) is 12.4. The molecule has 0 saturated carbocycles. The minimum absolute atomic E-state index is 0. The zero-order valence-corrected chi connectivity index (χ0v) is 43.0. The van der Waals surface area contributed by atoms with E-state index < -0.39 is 34.4 Å². The van der Waals surface area contributed by atoms with E-state index in [2.05, 4.69) is 180 Å². The molecule has 0 aliphatic heterocycles. The molecular weight excluding hydrogens is 831 g/mol. The summed E-state index contributed by atoms with van der Waals surface area (Å²) in [5, 5.41) is 3.25. The molecule has 0 saturated heterocycles. The van der Waals surface area contributed by atoms with E-state index in [1.54, 1.807) is 22.5 Å². The molecule has 0 bridgehead atoms. The zero-order valence-electron chi connectivity index (χ0n) is 36.9. The predicted molar refractivity (Wildman–Crippen MR) is 261 cm³/mol. The van der Waals surface area contributed by atoms with E-state index in [0.29, 0.717) is 0 Å². The van der Waals surface area contributed by atoms with Crippen LogP contribution in [-0.2, 0) is 35.5 Å². The molecule has 2 aliphatic rings. The maximum absolute atomic E-state index is 5.99. The number of hydrogen-bond acceptors (Lipinski definition) is 0. The zero-order chi connectivity index (χ0) is 39.3. The van der Waals surface area contributed by atoms with Crippen LogP contribution in [0.2, 0.25) is 36.3 Å². The summed E-state index contributed by atoms with van der Waals surface area (Å²) < 4.78 is 12.2. The third kappa shape index (κ3) is 7.25. The van der Waals surface area contributed by atoms with Gasteiger partial charge in [-0.3, -0.25) is 0 Å². The monoisotopic (exact) mass is 900 g/mol. The van der Waals surface area contributed by atoms with E-state index in [4.69, 9.17) is 4.21 Å². The van der Waals surface area contributed by atoms with Gasteiger partial charge in [0.05, 0.1) is 0 Å². The number of fused-ring (bicyclic) bond motifs is 3. The summed E-state index contributed by atoms with van der Waals surface area (Å²) in [6.07, 6.45) is 9.21. The molecule has 0 fully saturated rings. The topological polar surface area (TPSA) is 0 Å². The van der Waals surface area contributed by atoms with Gasteiger partial charge in [0.2, 0.25) is 0 Å². The number of hydrogen-bond donors (Lipinski definition) is 0. The van der Waals surface area contributed by atoms with E-state index in [-0.39, 0.29) is 35.6 Å². The van der Waals surface area contributed by atoms with Gasteiger partial charge in [0.25, 0.3) is 0 Å². The summed E-state index contributed by atoms with van der Waals surface area (Å²) in [6.45, 7) is 29.0. The first-order valence-electron chi connectivity index (χ1n) is 21.4. The van der Waals surface area contributed by atoms with Crippen molar-refractivity contribution >= 4 is 65.4 Å². The van der Waals surface area contributed by atoms with Crippen molar-refractivity contribution in [2.45, 2.75) is 143 Å². The first-order valence-corrected chi connectivity index (χ1v) is 33.3. The van der Waals surface area contributed by atoms with Crippen molar-refractivity contribution in [1.82, 2.24) is 0 Å². The van der Waals surface area contributed by atoms with Crippen LogP contribution in [0.3, 0.4) is 0 Å². The van der Waals surface area contributed by atoms with Gasteiger partial charge in [-0.25, -0.2) is 0 Å². The number of rotatable bonds is 12. The van der Waals surface area contributed by atoms with Crippen molar-refractivity contribution in [2.24, 2.45) is 0 Å². The Balaban J connectivity index is 0.00000348. The molecule has 0 nitrogen and oxygen atoms in total. The minimum atomic E-state index is -5.01. The fourth-order valence-corrected chi connectivity index (χ4v) is 34.7. The third-order valence-electron chi connectivity index (χ3n) is 15.1. The molecule has 4 aromatic carbocycles. The van der Waals surface area contributed by atoms with Crippen LogP contribution in [0.1, 0.15) is 112 Å². The molecule has 4 aromatic rings. The summed E-state index contributed by atoms with van der Waals surface area (Å²) in [7, 11) is -3.14. The average molecular weight is 903 g/mol. The van der Waals surface area contributed by atoms with Crippen LogP contribution < -0.4 is 20.2 Å².